The van der Waals surface area contributed by atoms with E-state index in [0.717, 1.165) is 6.08 Å². The van der Waals surface area contributed by atoms with Crippen molar-refractivity contribution in [3.63, 3.8) is 0 Å². The summed E-state index contributed by atoms with van der Waals surface area (Å²) in [5.74, 6) is -0.637. The van der Waals surface area contributed by atoms with Crippen molar-refractivity contribution in [2.75, 3.05) is 27.4 Å². The van der Waals surface area contributed by atoms with E-state index in [1.165, 1.54) is 45.4 Å². The van der Waals surface area contributed by atoms with Crippen LogP contribution in [0.5, 0.6) is 23.0 Å². The normalized spacial score (nSPS) is 31.5. The quantitative estimate of drug-likeness (QED) is 0.114. The molecule has 15 nitrogen and oxygen atoms in total. The highest BCUT2D eigenvalue weighted by Gasteiger charge is 2.52. The molecular weight excluding hydrogens is 612 g/mol. The monoisotopic (exact) mass is 652 g/mol. The molecule has 10 atom stereocenters. The number of hydrogen-bond acceptors (Lipinski definition) is 15. The lowest BCUT2D eigenvalue weighted by Crippen LogP contribution is -2.65. The Hall–Kier alpha value is -3.51. The summed E-state index contributed by atoms with van der Waals surface area (Å²) in [5.41, 5.74) is 1.11. The molecule has 2 aromatic carbocycles. The van der Waals surface area contributed by atoms with Gasteiger partial charge in [-0.05, 0) is 54.8 Å². The zero-order chi connectivity index (χ0) is 33.5. The molecule has 15 heteroatoms. The van der Waals surface area contributed by atoms with Gasteiger partial charge < -0.3 is 68.9 Å². The van der Waals surface area contributed by atoms with E-state index in [1.54, 1.807) is 18.2 Å². The van der Waals surface area contributed by atoms with Gasteiger partial charge in [0.25, 0.3) is 0 Å². The second-order valence-electron chi connectivity index (χ2n) is 10.8. The third-order valence-electron chi connectivity index (χ3n) is 7.68. The number of esters is 1. The Morgan fingerprint density at radius 2 is 1.52 bits per heavy atom. The number of ether oxygens (including phenoxy) is 7. The van der Waals surface area contributed by atoms with Crippen LogP contribution in [0.15, 0.2) is 42.5 Å². The Morgan fingerprint density at radius 3 is 2.15 bits per heavy atom. The number of carbonyl (C=O) groups excluding carboxylic acids is 1. The van der Waals surface area contributed by atoms with E-state index in [9.17, 15) is 40.5 Å². The summed E-state index contributed by atoms with van der Waals surface area (Å²) >= 11 is 0. The zero-order valence-corrected chi connectivity index (χ0v) is 25.4. The third kappa shape index (κ3) is 8.25. The Bertz CT molecular complexity index is 1340. The van der Waals surface area contributed by atoms with Gasteiger partial charge in [0.05, 0.1) is 33.5 Å². The average Bonchev–Trinajstić information content (AvgIpc) is 3.04. The smallest absolute Gasteiger partial charge is 0.331 e. The lowest BCUT2D eigenvalue weighted by atomic mass is 9.97. The Morgan fingerprint density at radius 1 is 0.848 bits per heavy atom. The van der Waals surface area contributed by atoms with E-state index in [-0.39, 0.29) is 36.0 Å². The molecule has 2 fully saturated rings. The summed E-state index contributed by atoms with van der Waals surface area (Å²) in [6.07, 6.45) is -12.1. The second kappa shape index (κ2) is 15.9. The van der Waals surface area contributed by atoms with Crippen molar-refractivity contribution in [1.29, 1.82) is 0 Å². The Balaban J connectivity index is 1.52. The predicted molar refractivity (Wildman–Crippen MR) is 157 cm³/mol. The van der Waals surface area contributed by atoms with Crippen molar-refractivity contribution in [3.05, 3.63) is 53.6 Å². The number of phenolic OH excluding ortho intramolecular Hbond substituents is 2. The van der Waals surface area contributed by atoms with E-state index < -0.39 is 74.0 Å². The average molecular weight is 653 g/mol. The van der Waals surface area contributed by atoms with Crippen molar-refractivity contribution >= 4 is 12.0 Å². The van der Waals surface area contributed by atoms with Gasteiger partial charge in [0.1, 0.15) is 36.6 Å². The predicted octanol–water partition coefficient (Wildman–Crippen LogP) is -0.410. The Kier molecular flexibility index (Phi) is 12.2. The highest BCUT2D eigenvalue weighted by atomic mass is 16.7. The minimum Gasteiger partial charge on any atom is -0.504 e. The number of aliphatic hydroxyl groups excluding tert-OH is 5. The number of benzene rings is 2. The summed E-state index contributed by atoms with van der Waals surface area (Å²) in [5, 5.41) is 72.5. The Labute approximate surface area is 264 Å². The van der Waals surface area contributed by atoms with Crippen LogP contribution in [0.1, 0.15) is 18.1 Å². The SMILES string of the molecule is COc1ccc(/C=C/C(=O)O[C@@H]2[C@@H](O[C@H]3O[C@@H](C)[C@@H](O)[C@@H](O)[C@H]3O)[C@@H](O)[C@H](OCCc3ccc(OC)c(O)c3)O[C@H]2CO)cc1O. The highest BCUT2D eigenvalue weighted by Crippen LogP contribution is 2.32. The van der Waals surface area contributed by atoms with Crippen molar-refractivity contribution in [2.45, 2.75) is 74.8 Å². The van der Waals surface area contributed by atoms with Gasteiger partial charge in [-0.25, -0.2) is 4.79 Å². The maximum Gasteiger partial charge on any atom is 0.331 e. The van der Waals surface area contributed by atoms with Crippen LogP contribution in [-0.4, -0.2) is 131 Å². The first-order valence-electron chi connectivity index (χ1n) is 14.5. The van der Waals surface area contributed by atoms with E-state index in [2.05, 4.69) is 0 Å². The molecule has 7 N–H and O–H groups in total. The largest absolute Gasteiger partial charge is 0.504 e. The van der Waals surface area contributed by atoms with E-state index in [0.29, 0.717) is 11.1 Å². The molecule has 2 heterocycles. The molecule has 0 spiro atoms. The summed E-state index contributed by atoms with van der Waals surface area (Å²) in [7, 11) is 2.81. The maximum absolute atomic E-state index is 12.9. The fourth-order valence-corrected chi connectivity index (χ4v) is 5.09. The molecule has 0 unspecified atom stereocenters. The zero-order valence-electron chi connectivity index (χ0n) is 25.4. The van der Waals surface area contributed by atoms with Crippen LogP contribution in [0.3, 0.4) is 0 Å². The van der Waals surface area contributed by atoms with Gasteiger partial charge in [-0.15, -0.1) is 0 Å². The molecule has 0 amide bonds. The topological polar surface area (TPSA) is 223 Å². The molecule has 2 saturated heterocycles. The number of rotatable bonds is 12. The lowest BCUT2D eigenvalue weighted by Gasteiger charge is -2.46. The van der Waals surface area contributed by atoms with Crippen LogP contribution in [-0.2, 0) is 34.9 Å². The van der Waals surface area contributed by atoms with E-state index in [1.807, 2.05) is 0 Å². The van der Waals surface area contributed by atoms with Crippen molar-refractivity contribution in [2.24, 2.45) is 0 Å². The van der Waals surface area contributed by atoms with Crippen LogP contribution in [0, 0.1) is 0 Å². The molecule has 2 aliphatic rings. The molecule has 0 bridgehead atoms. The van der Waals surface area contributed by atoms with Gasteiger partial charge in [0.15, 0.2) is 41.7 Å². The number of carbonyl (C=O) groups is 1. The number of methoxy groups -OCH3 is 2. The lowest BCUT2D eigenvalue weighted by molar-refractivity contribution is -0.357. The first-order valence-corrected chi connectivity index (χ1v) is 14.5. The van der Waals surface area contributed by atoms with Crippen LogP contribution >= 0.6 is 0 Å². The summed E-state index contributed by atoms with van der Waals surface area (Å²) in [4.78, 5) is 12.9. The number of phenols is 2. The molecule has 2 aliphatic heterocycles. The molecule has 0 radical (unpaired) electrons. The minimum atomic E-state index is -1.75. The molecular formula is C31H40O15. The van der Waals surface area contributed by atoms with Gasteiger partial charge in [-0.2, -0.15) is 0 Å². The summed E-state index contributed by atoms with van der Waals surface area (Å²) in [6, 6.07) is 9.21. The molecule has 4 rings (SSSR count). The number of aromatic hydroxyl groups is 2. The molecule has 254 valence electrons. The summed E-state index contributed by atoms with van der Waals surface area (Å²) in [6.45, 7) is 0.707. The molecule has 0 saturated carbocycles. The fourth-order valence-electron chi connectivity index (χ4n) is 5.09. The number of hydrogen-bond donors (Lipinski definition) is 7. The van der Waals surface area contributed by atoms with E-state index >= 15 is 0 Å². The van der Waals surface area contributed by atoms with Crippen LogP contribution in [0.2, 0.25) is 0 Å². The van der Waals surface area contributed by atoms with Gasteiger partial charge in [0, 0.05) is 6.08 Å². The van der Waals surface area contributed by atoms with Crippen LogP contribution < -0.4 is 9.47 Å². The first kappa shape index (κ1) is 35.3. The van der Waals surface area contributed by atoms with Gasteiger partial charge in [-0.1, -0.05) is 12.1 Å². The van der Waals surface area contributed by atoms with Crippen LogP contribution in [0.25, 0.3) is 6.08 Å². The first-order chi connectivity index (χ1) is 22.0. The fraction of sp³-hybridized carbons (Fsp3) is 0.516. The maximum atomic E-state index is 12.9. The standard InChI is InChI=1S/C31H40O15/c1-15-24(36)25(37)26(38)31(43-15)46-29-27(39)30(42-11-10-17-5-8-21(41-3)19(34)13-17)44-22(14-32)28(29)45-23(35)9-6-16-4-7-20(40-2)18(33)12-16/h4-9,12-13,15,22,24-34,36-39H,10-11,14H2,1-3H3/b9-6+/t15-,22-,24+,25+,26+,27+,28-,29-,30+,31+/m0/s1. The van der Waals surface area contributed by atoms with E-state index in [4.69, 9.17) is 33.2 Å². The van der Waals surface area contributed by atoms with Gasteiger partial charge in [-0.3, -0.25) is 0 Å². The molecule has 2 aromatic rings. The minimum absolute atomic E-state index is 0.0231. The highest BCUT2D eigenvalue weighted by molar-refractivity contribution is 5.87. The molecule has 0 aromatic heterocycles. The third-order valence-corrected chi connectivity index (χ3v) is 7.68. The molecule has 46 heavy (non-hydrogen) atoms. The second-order valence-corrected chi connectivity index (χ2v) is 10.8. The molecule has 0 aliphatic carbocycles. The van der Waals surface area contributed by atoms with Gasteiger partial charge in [0.2, 0.25) is 0 Å². The van der Waals surface area contributed by atoms with Gasteiger partial charge >= 0.3 is 5.97 Å². The van der Waals surface area contributed by atoms with Crippen molar-refractivity contribution < 1.29 is 73.7 Å². The van der Waals surface area contributed by atoms with Crippen molar-refractivity contribution in [3.8, 4) is 23.0 Å². The van der Waals surface area contributed by atoms with Crippen LogP contribution in [0.4, 0.5) is 0 Å². The summed E-state index contributed by atoms with van der Waals surface area (Å²) < 4.78 is 38.5. The number of aliphatic hydroxyl groups is 5. The van der Waals surface area contributed by atoms with Crippen molar-refractivity contribution in [1.82, 2.24) is 0 Å².